The number of carbonyl (C=O) groups is 1. The maximum absolute atomic E-state index is 13.2. The molecular weight excluding hydrogens is 293 g/mol. The van der Waals surface area contributed by atoms with Gasteiger partial charge < -0.3 is 11.1 Å². The normalized spacial score (nSPS) is 13.8. The first-order valence-electron chi connectivity index (χ1n) is 6.55. The van der Waals surface area contributed by atoms with Crippen LogP contribution in [0.5, 0.6) is 0 Å². The molecule has 0 fully saturated rings. The Morgan fingerprint density at radius 1 is 1.33 bits per heavy atom. The van der Waals surface area contributed by atoms with Crippen molar-refractivity contribution in [2.75, 3.05) is 6.54 Å². The van der Waals surface area contributed by atoms with Gasteiger partial charge in [0.25, 0.3) is 5.91 Å². The number of nitrogens with zero attached hydrogens (tertiary/aromatic N) is 1. The van der Waals surface area contributed by atoms with Crippen LogP contribution in [0.2, 0.25) is 5.02 Å². The summed E-state index contributed by atoms with van der Waals surface area (Å²) in [5.74, 6) is -0.994. The Kier molecular flexibility index (Phi) is 3.61. The number of pyridine rings is 1. The average molecular weight is 306 g/mol. The molecule has 6 heteroatoms. The first-order chi connectivity index (χ1) is 10.1. The van der Waals surface area contributed by atoms with Crippen molar-refractivity contribution in [1.29, 1.82) is 0 Å². The summed E-state index contributed by atoms with van der Waals surface area (Å²) < 4.78 is 13.2. The Balaban J connectivity index is 2.24. The quantitative estimate of drug-likeness (QED) is 0.894. The molecule has 0 unspecified atom stereocenters. The molecule has 2 aromatic rings. The van der Waals surface area contributed by atoms with Gasteiger partial charge in [-0.25, -0.2) is 9.37 Å². The van der Waals surface area contributed by atoms with E-state index in [9.17, 15) is 9.18 Å². The summed E-state index contributed by atoms with van der Waals surface area (Å²) in [7, 11) is 0. The molecule has 0 radical (unpaired) electrons. The van der Waals surface area contributed by atoms with E-state index in [2.05, 4.69) is 10.3 Å². The van der Waals surface area contributed by atoms with E-state index in [4.69, 9.17) is 17.3 Å². The summed E-state index contributed by atoms with van der Waals surface area (Å²) >= 11 is 6.15. The number of primary amides is 1. The standard InChI is InChI=1S/C15H13ClFN3O/c16-12-5-8(17)1-2-9(12)11-6-13(15(18)21)20-14-7-19-4-3-10(11)14/h1-2,5-6,19H,3-4,7H2,(H2,18,21). The number of rotatable bonds is 2. The molecule has 0 atom stereocenters. The third-order valence-corrected chi connectivity index (χ3v) is 3.84. The SMILES string of the molecule is NC(=O)c1cc(-c2ccc(F)cc2Cl)c2c(n1)CNCC2. The zero-order valence-corrected chi connectivity index (χ0v) is 11.9. The number of aromatic nitrogens is 1. The van der Waals surface area contributed by atoms with Crippen molar-refractivity contribution in [3.05, 3.63) is 52.1 Å². The van der Waals surface area contributed by atoms with Gasteiger partial charge in [-0.1, -0.05) is 11.6 Å². The second kappa shape index (κ2) is 5.42. The highest BCUT2D eigenvalue weighted by Gasteiger charge is 2.20. The van der Waals surface area contributed by atoms with Crippen molar-refractivity contribution in [1.82, 2.24) is 10.3 Å². The molecule has 4 nitrogen and oxygen atoms in total. The molecule has 1 aliphatic rings. The van der Waals surface area contributed by atoms with Gasteiger partial charge in [-0.2, -0.15) is 0 Å². The van der Waals surface area contributed by atoms with Crippen LogP contribution >= 0.6 is 11.6 Å². The molecule has 0 bridgehead atoms. The monoisotopic (exact) mass is 305 g/mol. The maximum Gasteiger partial charge on any atom is 0.267 e. The van der Waals surface area contributed by atoms with Crippen molar-refractivity contribution in [3.63, 3.8) is 0 Å². The highest BCUT2D eigenvalue weighted by molar-refractivity contribution is 6.33. The predicted octanol–water partition coefficient (Wildman–Crippen LogP) is 2.29. The molecular formula is C15H13ClFN3O. The summed E-state index contributed by atoms with van der Waals surface area (Å²) in [6, 6.07) is 5.85. The fourth-order valence-corrected chi connectivity index (χ4v) is 2.81. The lowest BCUT2D eigenvalue weighted by molar-refractivity contribution is 0.0995. The largest absolute Gasteiger partial charge is 0.364 e. The van der Waals surface area contributed by atoms with Gasteiger partial charge in [0.2, 0.25) is 0 Å². The average Bonchev–Trinajstić information content (AvgIpc) is 2.46. The molecule has 1 aliphatic heterocycles. The lowest BCUT2D eigenvalue weighted by atomic mass is 9.93. The number of benzene rings is 1. The first-order valence-corrected chi connectivity index (χ1v) is 6.93. The summed E-state index contributed by atoms with van der Waals surface area (Å²) in [5, 5.41) is 3.50. The maximum atomic E-state index is 13.2. The smallest absolute Gasteiger partial charge is 0.267 e. The van der Waals surface area contributed by atoms with Gasteiger partial charge in [0, 0.05) is 12.1 Å². The van der Waals surface area contributed by atoms with Crippen LogP contribution in [0.1, 0.15) is 21.7 Å². The molecule has 108 valence electrons. The summed E-state index contributed by atoms with van der Waals surface area (Å²) in [6.07, 6.45) is 0.768. The molecule has 3 N–H and O–H groups in total. The zero-order chi connectivity index (χ0) is 15.0. The minimum absolute atomic E-state index is 0.188. The van der Waals surface area contributed by atoms with E-state index in [1.165, 1.54) is 12.1 Å². The number of hydrogen-bond acceptors (Lipinski definition) is 3. The molecule has 1 aromatic heterocycles. The summed E-state index contributed by atoms with van der Waals surface area (Å²) in [4.78, 5) is 15.7. The Labute approximate surface area is 126 Å². The summed E-state index contributed by atoms with van der Waals surface area (Å²) in [5.41, 5.74) is 8.81. The van der Waals surface area contributed by atoms with Crippen molar-refractivity contribution >= 4 is 17.5 Å². The number of carbonyl (C=O) groups excluding carboxylic acids is 1. The molecule has 1 aromatic carbocycles. The third kappa shape index (κ3) is 2.62. The highest BCUT2D eigenvalue weighted by Crippen LogP contribution is 2.33. The van der Waals surface area contributed by atoms with Crippen LogP contribution in [0, 0.1) is 5.82 Å². The topological polar surface area (TPSA) is 68.0 Å². The third-order valence-electron chi connectivity index (χ3n) is 3.53. The first kappa shape index (κ1) is 14.0. The van der Waals surface area contributed by atoms with Crippen LogP contribution in [-0.2, 0) is 13.0 Å². The van der Waals surface area contributed by atoms with Crippen molar-refractivity contribution in [2.24, 2.45) is 5.73 Å². The second-order valence-electron chi connectivity index (χ2n) is 4.90. The molecule has 0 saturated carbocycles. The number of nitrogens with two attached hydrogens (primary N) is 1. The van der Waals surface area contributed by atoms with E-state index >= 15 is 0 Å². The van der Waals surface area contributed by atoms with Crippen LogP contribution in [0.25, 0.3) is 11.1 Å². The minimum atomic E-state index is -0.595. The summed E-state index contributed by atoms with van der Waals surface area (Å²) in [6.45, 7) is 1.39. The van der Waals surface area contributed by atoms with Crippen LogP contribution in [0.15, 0.2) is 24.3 Å². The highest BCUT2D eigenvalue weighted by atomic mass is 35.5. The Bertz CT molecular complexity index is 733. The lowest BCUT2D eigenvalue weighted by Crippen LogP contribution is -2.27. The minimum Gasteiger partial charge on any atom is -0.364 e. The zero-order valence-electron chi connectivity index (χ0n) is 11.1. The molecule has 0 aliphatic carbocycles. The molecule has 21 heavy (non-hydrogen) atoms. The van der Waals surface area contributed by atoms with Gasteiger partial charge in [0.1, 0.15) is 11.5 Å². The van der Waals surface area contributed by atoms with Gasteiger partial charge >= 0.3 is 0 Å². The second-order valence-corrected chi connectivity index (χ2v) is 5.30. The van der Waals surface area contributed by atoms with Crippen molar-refractivity contribution < 1.29 is 9.18 Å². The van der Waals surface area contributed by atoms with Gasteiger partial charge in [0.05, 0.1) is 10.7 Å². The van der Waals surface area contributed by atoms with Crippen LogP contribution in [0.3, 0.4) is 0 Å². The Morgan fingerprint density at radius 2 is 2.14 bits per heavy atom. The Morgan fingerprint density at radius 3 is 2.86 bits per heavy atom. The predicted molar refractivity (Wildman–Crippen MR) is 78.6 cm³/mol. The number of hydrogen-bond donors (Lipinski definition) is 2. The number of amides is 1. The van der Waals surface area contributed by atoms with Crippen LogP contribution in [-0.4, -0.2) is 17.4 Å². The van der Waals surface area contributed by atoms with Gasteiger partial charge in [-0.15, -0.1) is 0 Å². The number of nitrogens with one attached hydrogen (secondary N) is 1. The van der Waals surface area contributed by atoms with E-state index in [1.54, 1.807) is 12.1 Å². The molecule has 3 rings (SSSR count). The fraction of sp³-hybridized carbons (Fsp3) is 0.200. The van der Waals surface area contributed by atoms with E-state index in [-0.39, 0.29) is 5.69 Å². The van der Waals surface area contributed by atoms with Crippen molar-refractivity contribution in [3.8, 4) is 11.1 Å². The van der Waals surface area contributed by atoms with Crippen LogP contribution < -0.4 is 11.1 Å². The molecule has 0 spiro atoms. The molecule has 0 saturated heterocycles. The van der Waals surface area contributed by atoms with Gasteiger partial charge in [0.15, 0.2) is 0 Å². The number of halogens is 2. The van der Waals surface area contributed by atoms with E-state index in [0.717, 1.165) is 29.8 Å². The molecule has 2 heterocycles. The number of fused-ring (bicyclic) bond motifs is 1. The van der Waals surface area contributed by atoms with E-state index in [1.807, 2.05) is 0 Å². The lowest BCUT2D eigenvalue weighted by Gasteiger charge is -2.21. The molecule has 1 amide bonds. The van der Waals surface area contributed by atoms with Crippen LogP contribution in [0.4, 0.5) is 4.39 Å². The fourth-order valence-electron chi connectivity index (χ4n) is 2.54. The van der Waals surface area contributed by atoms with Crippen molar-refractivity contribution in [2.45, 2.75) is 13.0 Å². The van der Waals surface area contributed by atoms with Gasteiger partial charge in [-0.05, 0) is 48.4 Å². The van der Waals surface area contributed by atoms with E-state index in [0.29, 0.717) is 17.1 Å². The van der Waals surface area contributed by atoms with Gasteiger partial charge in [-0.3, -0.25) is 4.79 Å². The van der Waals surface area contributed by atoms with E-state index < -0.39 is 11.7 Å². The Hall–Kier alpha value is -1.98.